The summed E-state index contributed by atoms with van der Waals surface area (Å²) in [7, 11) is 0. The largest absolute Gasteiger partial charge is 0.390 e. The van der Waals surface area contributed by atoms with E-state index in [2.05, 4.69) is 13.8 Å². The van der Waals surface area contributed by atoms with Crippen molar-refractivity contribution in [1.29, 1.82) is 0 Å². The third kappa shape index (κ3) is 0.816. The number of aliphatic hydroxyl groups excluding tert-OH is 1. The quantitative estimate of drug-likeness (QED) is 0.618. The Morgan fingerprint density at radius 2 is 2.00 bits per heavy atom. The van der Waals surface area contributed by atoms with Crippen LogP contribution in [-0.4, -0.2) is 22.9 Å². The van der Waals surface area contributed by atoms with Crippen LogP contribution in [0.1, 0.15) is 39.5 Å². The molecule has 74 valence electrons. The molecule has 2 saturated carbocycles. The molecule has 2 heteroatoms. The molecule has 4 fully saturated rings. The van der Waals surface area contributed by atoms with Crippen LogP contribution in [0.25, 0.3) is 0 Å². The van der Waals surface area contributed by atoms with Gasteiger partial charge in [-0.2, -0.15) is 0 Å². The first kappa shape index (κ1) is 8.25. The van der Waals surface area contributed by atoms with Gasteiger partial charge in [-0.25, -0.2) is 0 Å². The third-order valence-corrected chi connectivity index (χ3v) is 4.85. The van der Waals surface area contributed by atoms with Crippen molar-refractivity contribution in [2.45, 2.75) is 57.3 Å². The van der Waals surface area contributed by atoms with Crippen LogP contribution in [-0.2, 0) is 4.74 Å². The molecule has 2 aliphatic heterocycles. The van der Waals surface area contributed by atoms with Crippen LogP contribution >= 0.6 is 0 Å². The standard InChI is InChI=1S/C11H18O2/c1-10-6-8(12)11(2)5-7(10)3-4-9(10)13-11/h7-9,12H,3-6H2,1-2H3/t7-,8+,9-,10-,11-/m1/s1. The van der Waals surface area contributed by atoms with Crippen LogP contribution in [0.3, 0.4) is 0 Å². The van der Waals surface area contributed by atoms with Gasteiger partial charge in [0.25, 0.3) is 0 Å². The van der Waals surface area contributed by atoms with Gasteiger partial charge in [-0.15, -0.1) is 0 Å². The Labute approximate surface area is 79.3 Å². The van der Waals surface area contributed by atoms with Gasteiger partial charge in [-0.1, -0.05) is 6.92 Å². The first-order valence-electron chi connectivity index (χ1n) is 5.40. The van der Waals surface area contributed by atoms with E-state index < -0.39 is 0 Å². The van der Waals surface area contributed by atoms with E-state index >= 15 is 0 Å². The van der Waals surface area contributed by atoms with E-state index in [1.54, 1.807) is 0 Å². The maximum atomic E-state index is 9.96. The monoisotopic (exact) mass is 182 g/mol. The molecule has 2 heterocycles. The molecule has 5 atom stereocenters. The summed E-state index contributed by atoms with van der Waals surface area (Å²) in [5.41, 5.74) is 0.0702. The average molecular weight is 182 g/mol. The maximum absolute atomic E-state index is 9.96. The molecule has 4 rings (SSSR count). The Bertz CT molecular complexity index is 234. The Hall–Kier alpha value is -0.0800. The van der Waals surface area contributed by atoms with E-state index in [4.69, 9.17) is 4.74 Å². The van der Waals surface area contributed by atoms with Crippen LogP contribution in [0, 0.1) is 11.3 Å². The van der Waals surface area contributed by atoms with Crippen molar-refractivity contribution in [2.24, 2.45) is 11.3 Å². The average Bonchev–Trinajstić information content (AvgIpc) is 2.30. The van der Waals surface area contributed by atoms with Gasteiger partial charge in [0.05, 0.1) is 17.8 Å². The number of hydrogen-bond acceptors (Lipinski definition) is 2. The van der Waals surface area contributed by atoms with Crippen LogP contribution < -0.4 is 0 Å². The van der Waals surface area contributed by atoms with Crippen molar-refractivity contribution >= 4 is 0 Å². The number of ether oxygens (including phenoxy) is 1. The van der Waals surface area contributed by atoms with Gasteiger partial charge in [0.2, 0.25) is 0 Å². The molecule has 0 amide bonds. The predicted octanol–water partition coefficient (Wildman–Crippen LogP) is 1.71. The molecule has 4 bridgehead atoms. The van der Waals surface area contributed by atoms with Crippen LogP contribution in [0.5, 0.6) is 0 Å². The van der Waals surface area contributed by atoms with Crippen LogP contribution in [0.15, 0.2) is 0 Å². The zero-order valence-corrected chi connectivity index (χ0v) is 8.42. The highest BCUT2D eigenvalue weighted by Gasteiger charge is 2.63. The lowest BCUT2D eigenvalue weighted by molar-refractivity contribution is -0.267. The summed E-state index contributed by atoms with van der Waals surface area (Å²) >= 11 is 0. The zero-order chi connectivity index (χ0) is 9.27. The second kappa shape index (κ2) is 2.12. The summed E-state index contributed by atoms with van der Waals surface area (Å²) in [6.45, 7) is 4.39. The minimum Gasteiger partial charge on any atom is -0.390 e. The van der Waals surface area contributed by atoms with E-state index in [0.717, 1.165) is 18.8 Å². The molecule has 0 spiro atoms. The topological polar surface area (TPSA) is 29.5 Å². The van der Waals surface area contributed by atoms with Crippen molar-refractivity contribution in [3.05, 3.63) is 0 Å². The highest BCUT2D eigenvalue weighted by atomic mass is 16.5. The van der Waals surface area contributed by atoms with Crippen molar-refractivity contribution in [1.82, 2.24) is 0 Å². The van der Waals surface area contributed by atoms with Crippen LogP contribution in [0.4, 0.5) is 0 Å². The van der Waals surface area contributed by atoms with Gasteiger partial charge in [0, 0.05) is 0 Å². The smallest absolute Gasteiger partial charge is 0.0919 e. The molecule has 0 aromatic heterocycles. The third-order valence-electron chi connectivity index (χ3n) is 4.85. The number of fused-ring (bicyclic) bond motifs is 1. The molecular weight excluding hydrogens is 164 g/mol. The second-order valence-corrected chi connectivity index (χ2v) is 5.62. The predicted molar refractivity (Wildman–Crippen MR) is 49.3 cm³/mol. The van der Waals surface area contributed by atoms with E-state index in [1.807, 2.05) is 0 Å². The van der Waals surface area contributed by atoms with E-state index in [1.165, 1.54) is 12.8 Å². The summed E-state index contributed by atoms with van der Waals surface area (Å²) in [6, 6.07) is 0. The molecule has 13 heavy (non-hydrogen) atoms. The molecule has 1 N–H and O–H groups in total. The summed E-state index contributed by atoms with van der Waals surface area (Å²) < 4.78 is 6.03. The number of hydrogen-bond donors (Lipinski definition) is 1. The normalized spacial score (nSPS) is 64.4. The summed E-state index contributed by atoms with van der Waals surface area (Å²) in [6.07, 6.45) is 4.75. The van der Waals surface area contributed by atoms with Gasteiger partial charge in [0.1, 0.15) is 0 Å². The Morgan fingerprint density at radius 1 is 1.23 bits per heavy atom. The lowest BCUT2D eigenvalue weighted by atomic mass is 9.60. The van der Waals surface area contributed by atoms with Gasteiger partial charge < -0.3 is 9.84 Å². The minimum absolute atomic E-state index is 0.219. The van der Waals surface area contributed by atoms with Crippen molar-refractivity contribution in [2.75, 3.05) is 0 Å². The molecule has 0 radical (unpaired) electrons. The summed E-state index contributed by atoms with van der Waals surface area (Å²) in [5.74, 6) is 0.805. The van der Waals surface area contributed by atoms with Gasteiger partial charge >= 0.3 is 0 Å². The molecule has 2 aliphatic carbocycles. The van der Waals surface area contributed by atoms with Gasteiger partial charge in [-0.3, -0.25) is 0 Å². The van der Waals surface area contributed by atoms with Gasteiger partial charge in [0.15, 0.2) is 0 Å². The van der Waals surface area contributed by atoms with Crippen molar-refractivity contribution in [3.63, 3.8) is 0 Å². The fourth-order valence-corrected chi connectivity index (χ4v) is 3.81. The fraction of sp³-hybridized carbons (Fsp3) is 1.00. The maximum Gasteiger partial charge on any atom is 0.0919 e. The highest BCUT2D eigenvalue weighted by Crippen LogP contribution is 2.61. The molecule has 0 unspecified atom stereocenters. The SMILES string of the molecule is C[C@@]12C[C@H](O)[C@@]3(C)C[C@H]1CC[C@H]2O3. The molecule has 2 nitrogen and oxygen atoms in total. The first-order valence-corrected chi connectivity index (χ1v) is 5.40. The van der Waals surface area contributed by atoms with E-state index in [9.17, 15) is 5.11 Å². The Morgan fingerprint density at radius 3 is 2.69 bits per heavy atom. The highest BCUT2D eigenvalue weighted by molar-refractivity contribution is 5.12. The molecule has 4 aliphatic rings. The van der Waals surface area contributed by atoms with E-state index in [0.29, 0.717) is 6.10 Å². The summed E-state index contributed by atoms with van der Waals surface area (Å²) in [4.78, 5) is 0. The van der Waals surface area contributed by atoms with Crippen molar-refractivity contribution < 1.29 is 9.84 Å². The second-order valence-electron chi connectivity index (χ2n) is 5.62. The molecule has 0 aromatic carbocycles. The summed E-state index contributed by atoms with van der Waals surface area (Å²) in [5, 5.41) is 9.96. The lowest BCUT2D eigenvalue weighted by Crippen LogP contribution is -2.62. The van der Waals surface area contributed by atoms with Crippen molar-refractivity contribution in [3.8, 4) is 0 Å². The van der Waals surface area contributed by atoms with Gasteiger partial charge in [-0.05, 0) is 43.9 Å². The molecule has 0 aromatic rings. The molecular formula is C11H18O2. The number of aliphatic hydroxyl groups is 1. The number of rotatable bonds is 0. The van der Waals surface area contributed by atoms with Crippen LogP contribution in [0.2, 0.25) is 0 Å². The zero-order valence-electron chi connectivity index (χ0n) is 8.42. The van der Waals surface area contributed by atoms with E-state index in [-0.39, 0.29) is 17.1 Å². The first-order chi connectivity index (χ1) is 6.05. The molecule has 2 saturated heterocycles. The fourth-order valence-electron chi connectivity index (χ4n) is 3.81. The lowest BCUT2D eigenvalue weighted by Gasteiger charge is -2.57. The Balaban J connectivity index is 2.03. The Kier molecular flexibility index (Phi) is 1.34. The minimum atomic E-state index is -0.233.